The molecule has 0 heterocycles. The highest BCUT2D eigenvalue weighted by Gasteiger charge is 2.59. The van der Waals surface area contributed by atoms with Crippen LogP contribution in [-0.4, -0.2) is 0 Å². The van der Waals surface area contributed by atoms with Crippen molar-refractivity contribution in [2.75, 3.05) is 0 Å². The smallest absolute Gasteiger partial charge is 0.0268 e. The number of rotatable bonds is 6. The minimum Gasteiger partial charge on any atom is -0.0651 e. The third-order valence-corrected chi connectivity index (χ3v) is 19.7. The summed E-state index contributed by atoms with van der Waals surface area (Å²) in [6.07, 6.45) is 30.9. The fourth-order valence-corrected chi connectivity index (χ4v) is 8.51. The van der Waals surface area contributed by atoms with Crippen molar-refractivity contribution in [2.24, 2.45) is 104 Å². The zero-order chi connectivity index (χ0) is 45.9. The molecule has 60 heavy (non-hydrogen) atoms. The molecule has 0 radical (unpaired) electrons. The molecule has 11 aliphatic carbocycles. The largest absolute Gasteiger partial charge is 0.0651 e. The SMILES string of the molecule is CC(C)C1CC1.CC1C(C)C1C.CC1CC1(C)C.CCC1(C)CC1.CCC1(C)CC1.CCC1CC1C.CCC1CCC1.CCC1C[C@@H]1C.C[C@H]1CC1(C)C.C[C@H]1CC12CC2. The highest BCUT2D eigenvalue weighted by molar-refractivity contribution is 5.10. The lowest BCUT2D eigenvalue weighted by Gasteiger charge is -2.22. The van der Waals surface area contributed by atoms with Crippen molar-refractivity contribution < 1.29 is 0 Å². The molecule has 1 spiro atoms. The maximum absolute atomic E-state index is 2.37. The standard InChI is InChI=1S/C6H10.9C6H12/c1-5-4-6(5)2-3-6;2*1-5-4-6(5,2)3;1-5(2)6-3-4-6;1-4-5(2)6(4)3;2*1-3-6(2)4-5-6;2*1-3-6-4-5(6)2;1-2-6-4-3-5-6/h5H,2-4H2,1H3;2*5H,4H2,1-3H3;5-6H,3-4H2,1-2H3;4-6H,1-3H3;2*3-5H2,1-2H3;2*5-6H,3-4H2,1-2H3;6H,2-5H2,1H3/t2*5-;;;;;;5-,6?;;/m00.....0../s1. The van der Waals surface area contributed by atoms with Gasteiger partial charge in [-0.1, -0.05) is 197 Å². The highest BCUT2D eigenvalue weighted by atomic mass is 14.6. The van der Waals surface area contributed by atoms with Gasteiger partial charge in [0.1, 0.15) is 0 Å². The summed E-state index contributed by atoms with van der Waals surface area (Å²) in [5.41, 5.74) is 3.96. The summed E-state index contributed by atoms with van der Waals surface area (Å²) >= 11 is 0. The van der Waals surface area contributed by atoms with Gasteiger partial charge in [-0.25, -0.2) is 0 Å². The number of hydrogen-bond donors (Lipinski definition) is 0. The monoisotopic (exact) mass is 839 g/mol. The van der Waals surface area contributed by atoms with Gasteiger partial charge in [-0.15, -0.1) is 0 Å². The molecule has 0 bridgehead atoms. The van der Waals surface area contributed by atoms with E-state index in [0.29, 0.717) is 10.8 Å². The summed E-state index contributed by atoms with van der Waals surface area (Å²) in [6, 6.07) is 0. The second-order valence-corrected chi connectivity index (χ2v) is 26.6. The summed E-state index contributed by atoms with van der Waals surface area (Å²) in [4.78, 5) is 0. The first-order chi connectivity index (χ1) is 27.8. The van der Waals surface area contributed by atoms with Crippen LogP contribution in [0.15, 0.2) is 0 Å². The van der Waals surface area contributed by atoms with E-state index in [1.165, 1.54) is 116 Å². The van der Waals surface area contributed by atoms with Crippen molar-refractivity contribution in [1.29, 1.82) is 0 Å². The molecule has 11 fully saturated rings. The van der Waals surface area contributed by atoms with Gasteiger partial charge < -0.3 is 0 Å². The lowest BCUT2D eigenvalue weighted by atomic mass is 9.84. The lowest BCUT2D eigenvalue weighted by Crippen LogP contribution is -2.08. The molecule has 0 aromatic rings. The Balaban J connectivity index is 0.000000230. The van der Waals surface area contributed by atoms with Crippen LogP contribution in [0.1, 0.15) is 280 Å². The summed E-state index contributed by atoms with van der Waals surface area (Å²) in [5.74, 6) is 13.7. The van der Waals surface area contributed by atoms with E-state index in [2.05, 4.69) is 145 Å². The molecule has 11 rings (SSSR count). The molecule has 0 aromatic carbocycles. The predicted molar refractivity (Wildman–Crippen MR) is 274 cm³/mol. The average molecular weight is 840 g/mol. The van der Waals surface area contributed by atoms with Gasteiger partial charge in [0.2, 0.25) is 0 Å². The van der Waals surface area contributed by atoms with Crippen molar-refractivity contribution >= 4 is 0 Å². The first-order valence-corrected chi connectivity index (χ1v) is 27.8. The van der Waals surface area contributed by atoms with Crippen molar-refractivity contribution in [3.8, 4) is 0 Å². The van der Waals surface area contributed by atoms with E-state index in [-0.39, 0.29) is 0 Å². The van der Waals surface area contributed by atoms with Gasteiger partial charge in [0.25, 0.3) is 0 Å². The number of hydrogen-bond acceptors (Lipinski definition) is 0. The molecule has 0 heteroatoms. The fourth-order valence-electron chi connectivity index (χ4n) is 8.51. The van der Waals surface area contributed by atoms with Gasteiger partial charge in [0.05, 0.1) is 0 Å². The first-order valence-electron chi connectivity index (χ1n) is 27.8. The van der Waals surface area contributed by atoms with Gasteiger partial charge in [0, 0.05) is 0 Å². The van der Waals surface area contributed by atoms with E-state index < -0.39 is 0 Å². The second-order valence-electron chi connectivity index (χ2n) is 26.6. The van der Waals surface area contributed by atoms with E-state index in [9.17, 15) is 0 Å². The molecule has 0 aliphatic heterocycles. The lowest BCUT2D eigenvalue weighted by molar-refractivity contribution is 0.307. The molecule has 358 valence electrons. The minimum absolute atomic E-state index is 0.708. The second kappa shape index (κ2) is 24.5. The van der Waals surface area contributed by atoms with E-state index >= 15 is 0 Å². The molecule has 4 unspecified atom stereocenters. The van der Waals surface area contributed by atoms with Crippen molar-refractivity contribution in [1.82, 2.24) is 0 Å². The third kappa shape index (κ3) is 23.8. The zero-order valence-electron chi connectivity index (χ0n) is 45.9. The molecule has 0 aromatic heterocycles. The summed E-state index contributed by atoms with van der Waals surface area (Å²) < 4.78 is 0. The Hall–Kier alpha value is 0. The predicted octanol–water partition coefficient (Wildman–Crippen LogP) is 20.6. The van der Waals surface area contributed by atoms with Crippen molar-refractivity contribution in [3.63, 3.8) is 0 Å². The van der Waals surface area contributed by atoms with Crippen LogP contribution in [-0.2, 0) is 0 Å². The Morgan fingerprint density at radius 2 is 0.750 bits per heavy atom. The van der Waals surface area contributed by atoms with Crippen molar-refractivity contribution in [2.45, 2.75) is 280 Å². The van der Waals surface area contributed by atoms with Crippen LogP contribution in [0.4, 0.5) is 0 Å². The Morgan fingerprint density at radius 1 is 0.450 bits per heavy atom. The molecular weight excluding hydrogens is 721 g/mol. The van der Waals surface area contributed by atoms with Crippen LogP contribution < -0.4 is 0 Å². The summed E-state index contributed by atoms with van der Waals surface area (Å²) in [5, 5.41) is 0. The van der Waals surface area contributed by atoms with Gasteiger partial charge in [0.15, 0.2) is 0 Å². The molecule has 0 amide bonds. The average Bonchev–Trinajstić information content (AvgIpc) is 3.95. The maximum Gasteiger partial charge on any atom is -0.0268 e. The van der Waals surface area contributed by atoms with Crippen LogP contribution in [0.3, 0.4) is 0 Å². The Kier molecular flexibility index (Phi) is 22.9. The van der Waals surface area contributed by atoms with Gasteiger partial charge in [-0.2, -0.15) is 0 Å². The van der Waals surface area contributed by atoms with E-state index in [0.717, 1.165) is 93.2 Å². The van der Waals surface area contributed by atoms with Gasteiger partial charge in [-0.05, 0) is 187 Å². The van der Waals surface area contributed by atoms with E-state index in [4.69, 9.17) is 0 Å². The molecular formula is C60H118. The Morgan fingerprint density at radius 3 is 0.750 bits per heavy atom. The van der Waals surface area contributed by atoms with Gasteiger partial charge >= 0.3 is 0 Å². The van der Waals surface area contributed by atoms with Crippen molar-refractivity contribution in [3.05, 3.63) is 0 Å². The molecule has 0 saturated heterocycles. The summed E-state index contributed by atoms with van der Waals surface area (Å²) in [6.45, 7) is 48.5. The van der Waals surface area contributed by atoms with Crippen LogP contribution in [0.5, 0.6) is 0 Å². The normalized spacial score (nSPS) is 36.7. The quantitative estimate of drug-likeness (QED) is 0.250. The molecule has 11 saturated carbocycles. The minimum atomic E-state index is 0.708. The van der Waals surface area contributed by atoms with E-state index in [1.54, 1.807) is 19.3 Å². The molecule has 7 atom stereocenters. The first kappa shape index (κ1) is 56.1. The molecule has 0 N–H and O–H groups in total. The Labute approximate surface area is 382 Å². The van der Waals surface area contributed by atoms with Crippen LogP contribution in [0, 0.1) is 104 Å². The molecule has 0 nitrogen and oxygen atoms in total. The topological polar surface area (TPSA) is 0 Å². The zero-order valence-corrected chi connectivity index (χ0v) is 45.9. The van der Waals surface area contributed by atoms with Gasteiger partial charge in [-0.3, -0.25) is 0 Å². The third-order valence-electron chi connectivity index (χ3n) is 19.7. The fraction of sp³-hybridized carbons (Fsp3) is 1.00. The highest BCUT2D eigenvalue weighted by Crippen LogP contribution is 2.70. The maximum atomic E-state index is 2.37. The van der Waals surface area contributed by atoms with Crippen LogP contribution in [0.2, 0.25) is 0 Å². The van der Waals surface area contributed by atoms with Crippen LogP contribution in [0.25, 0.3) is 0 Å². The van der Waals surface area contributed by atoms with E-state index in [1.807, 2.05) is 0 Å². The van der Waals surface area contributed by atoms with Crippen LogP contribution >= 0.6 is 0 Å². The summed E-state index contributed by atoms with van der Waals surface area (Å²) in [7, 11) is 0. The molecule has 11 aliphatic rings. The Bertz CT molecular complexity index is 1000.